The van der Waals surface area contributed by atoms with Crippen LogP contribution in [-0.2, 0) is 21.8 Å². The van der Waals surface area contributed by atoms with Crippen LogP contribution in [0.1, 0.15) is 59.1 Å². The molecule has 206 valence electrons. The highest BCUT2D eigenvalue weighted by Gasteiger charge is 2.44. The standard InChI is InChI=1S/C26H35ClF3NO5Si/c1-16(2)37(17(3)4,18(5)6)35-12-11-34-21-9-7-19(8-10-24(32)33)23(14-21)36-25-22(27)13-20(15-31-25)26(28,29)30/h7,9,13-18H,8,10-12H2,1-6H3,(H,32,33). The van der Waals surface area contributed by atoms with Crippen molar-refractivity contribution in [2.45, 2.75) is 77.2 Å². The molecule has 6 nitrogen and oxygen atoms in total. The monoisotopic (exact) mass is 561 g/mol. The van der Waals surface area contributed by atoms with Crippen LogP contribution in [-0.4, -0.2) is 37.6 Å². The van der Waals surface area contributed by atoms with Gasteiger partial charge in [-0.2, -0.15) is 13.2 Å². The first-order chi connectivity index (χ1) is 17.2. The second-order valence-electron chi connectivity index (χ2n) is 9.79. The molecule has 0 aliphatic rings. The number of carboxylic acid groups (broad SMARTS) is 1. The summed E-state index contributed by atoms with van der Waals surface area (Å²) in [5, 5.41) is 8.75. The number of nitrogens with zero attached hydrogens (tertiary/aromatic N) is 1. The van der Waals surface area contributed by atoms with Gasteiger partial charge >= 0.3 is 12.1 Å². The fraction of sp³-hybridized carbons (Fsp3) is 0.538. The van der Waals surface area contributed by atoms with Crippen molar-refractivity contribution in [2.75, 3.05) is 13.2 Å². The molecule has 0 atom stereocenters. The lowest BCUT2D eigenvalue weighted by Gasteiger charge is -2.42. The summed E-state index contributed by atoms with van der Waals surface area (Å²) in [5.41, 5.74) is 0.817. The Morgan fingerprint density at radius 1 is 1.05 bits per heavy atom. The van der Waals surface area contributed by atoms with Crippen LogP contribution in [0, 0.1) is 0 Å². The van der Waals surface area contributed by atoms with Crippen LogP contribution in [0.15, 0.2) is 30.5 Å². The van der Waals surface area contributed by atoms with Gasteiger partial charge in [0.25, 0.3) is 0 Å². The van der Waals surface area contributed by atoms with Crippen LogP contribution in [0.2, 0.25) is 21.6 Å². The number of hydrogen-bond donors (Lipinski definition) is 1. The maximum Gasteiger partial charge on any atom is 0.417 e. The highest BCUT2D eigenvalue weighted by atomic mass is 35.5. The molecule has 11 heteroatoms. The van der Waals surface area contributed by atoms with Gasteiger partial charge in [0.2, 0.25) is 5.88 Å². The summed E-state index contributed by atoms with van der Waals surface area (Å²) in [5.74, 6) is -0.591. The maximum absolute atomic E-state index is 13.0. The Kier molecular flexibility index (Phi) is 10.8. The highest BCUT2D eigenvalue weighted by molar-refractivity contribution is 6.77. The zero-order valence-electron chi connectivity index (χ0n) is 22.0. The molecule has 2 aromatic rings. The number of carboxylic acids is 1. The summed E-state index contributed by atoms with van der Waals surface area (Å²) in [6.07, 6.45) is -3.99. The first-order valence-corrected chi connectivity index (χ1v) is 14.7. The van der Waals surface area contributed by atoms with Gasteiger partial charge in [-0.25, -0.2) is 4.98 Å². The molecule has 0 radical (unpaired) electrons. The summed E-state index contributed by atoms with van der Waals surface area (Å²) in [4.78, 5) is 14.8. The Labute approximate surface area is 222 Å². The van der Waals surface area contributed by atoms with Crippen molar-refractivity contribution in [3.05, 3.63) is 46.6 Å². The van der Waals surface area contributed by atoms with E-state index >= 15 is 0 Å². The average Bonchev–Trinajstić information content (AvgIpc) is 2.78. The summed E-state index contributed by atoms with van der Waals surface area (Å²) in [6, 6.07) is 5.61. The number of aliphatic carboxylic acids is 1. The molecule has 1 aromatic heterocycles. The van der Waals surface area contributed by atoms with E-state index in [1.54, 1.807) is 18.2 Å². The molecule has 0 bridgehead atoms. The van der Waals surface area contributed by atoms with Crippen molar-refractivity contribution in [3.8, 4) is 17.4 Å². The third-order valence-electron chi connectivity index (χ3n) is 6.40. The third kappa shape index (κ3) is 8.09. The van der Waals surface area contributed by atoms with Crippen LogP contribution >= 0.6 is 11.6 Å². The molecule has 0 fully saturated rings. The molecule has 0 aliphatic carbocycles. The van der Waals surface area contributed by atoms with E-state index in [-0.39, 0.29) is 36.1 Å². The van der Waals surface area contributed by atoms with Crippen molar-refractivity contribution in [1.82, 2.24) is 4.98 Å². The number of carbonyl (C=O) groups is 1. The Morgan fingerprint density at radius 2 is 1.68 bits per heavy atom. The van der Waals surface area contributed by atoms with Gasteiger partial charge in [-0.05, 0) is 40.7 Å². The number of alkyl halides is 3. The number of rotatable bonds is 13. The number of hydrogen-bond acceptors (Lipinski definition) is 5. The smallest absolute Gasteiger partial charge is 0.417 e. The molecule has 0 unspecified atom stereocenters. The van der Waals surface area contributed by atoms with Gasteiger partial charge in [-0.1, -0.05) is 59.2 Å². The highest BCUT2D eigenvalue weighted by Crippen LogP contribution is 2.42. The predicted molar refractivity (Wildman–Crippen MR) is 139 cm³/mol. The minimum absolute atomic E-state index is 0.137. The molecule has 1 N–H and O–H groups in total. The summed E-state index contributed by atoms with van der Waals surface area (Å²) in [6.45, 7) is 13.9. The molecular formula is C26H35ClF3NO5Si. The Bertz CT molecular complexity index is 1040. The van der Waals surface area contributed by atoms with E-state index in [4.69, 9.17) is 30.6 Å². The third-order valence-corrected chi connectivity index (χ3v) is 12.8. The lowest BCUT2D eigenvalue weighted by Crippen LogP contribution is -2.48. The van der Waals surface area contributed by atoms with Crippen LogP contribution in [0.5, 0.6) is 17.4 Å². The van der Waals surface area contributed by atoms with Gasteiger partial charge in [-0.15, -0.1) is 0 Å². The second-order valence-corrected chi connectivity index (χ2v) is 15.7. The molecule has 0 spiro atoms. The van der Waals surface area contributed by atoms with E-state index in [1.165, 1.54) is 0 Å². The molecule has 1 heterocycles. The quantitative estimate of drug-likeness (QED) is 0.196. The lowest BCUT2D eigenvalue weighted by molar-refractivity contribution is -0.138. The lowest BCUT2D eigenvalue weighted by atomic mass is 10.1. The van der Waals surface area contributed by atoms with E-state index in [0.717, 1.165) is 6.07 Å². The first kappa shape index (κ1) is 30.9. The fourth-order valence-corrected chi connectivity index (χ4v) is 10.4. The van der Waals surface area contributed by atoms with Crippen LogP contribution < -0.4 is 9.47 Å². The molecule has 0 saturated heterocycles. The van der Waals surface area contributed by atoms with Gasteiger partial charge in [0.15, 0.2) is 8.32 Å². The Balaban J connectivity index is 2.22. The summed E-state index contributed by atoms with van der Waals surface area (Å²) < 4.78 is 57.0. The Morgan fingerprint density at radius 3 is 2.19 bits per heavy atom. The Hall–Kier alpha value is -2.30. The topological polar surface area (TPSA) is 77.9 Å². The first-order valence-electron chi connectivity index (χ1n) is 12.2. The van der Waals surface area contributed by atoms with Gasteiger partial charge in [0.05, 0.1) is 12.2 Å². The number of aromatic nitrogens is 1. The van der Waals surface area contributed by atoms with E-state index in [0.29, 0.717) is 40.7 Å². The molecule has 0 aliphatic heterocycles. The molecule has 2 rings (SSSR count). The fourth-order valence-electron chi connectivity index (χ4n) is 4.81. The van der Waals surface area contributed by atoms with Crippen molar-refractivity contribution in [1.29, 1.82) is 0 Å². The second kappa shape index (κ2) is 13.0. The van der Waals surface area contributed by atoms with Gasteiger partial charge < -0.3 is 19.0 Å². The summed E-state index contributed by atoms with van der Waals surface area (Å²) in [7, 11) is -2.05. The van der Waals surface area contributed by atoms with Crippen LogP contribution in [0.4, 0.5) is 13.2 Å². The molecular weight excluding hydrogens is 527 g/mol. The van der Waals surface area contributed by atoms with E-state index < -0.39 is 26.0 Å². The summed E-state index contributed by atoms with van der Waals surface area (Å²) >= 11 is 6.00. The number of ether oxygens (including phenoxy) is 2. The minimum Gasteiger partial charge on any atom is -0.491 e. The largest absolute Gasteiger partial charge is 0.491 e. The van der Waals surface area contributed by atoms with E-state index in [1.807, 2.05) is 0 Å². The number of pyridine rings is 1. The van der Waals surface area contributed by atoms with Crippen LogP contribution in [0.3, 0.4) is 0 Å². The zero-order valence-corrected chi connectivity index (χ0v) is 23.7. The predicted octanol–water partition coefficient (Wildman–Crippen LogP) is 8.13. The number of aryl methyl sites for hydroxylation is 1. The van der Waals surface area contributed by atoms with Crippen molar-refractivity contribution in [2.24, 2.45) is 0 Å². The van der Waals surface area contributed by atoms with Crippen molar-refractivity contribution in [3.63, 3.8) is 0 Å². The molecule has 0 saturated carbocycles. The SMILES string of the molecule is CC(C)[Si](OCCOc1ccc(CCC(=O)O)c(Oc2ncc(C(F)(F)F)cc2Cl)c1)(C(C)C)C(C)C. The van der Waals surface area contributed by atoms with Gasteiger partial charge in [0, 0.05) is 18.7 Å². The zero-order chi connectivity index (χ0) is 28.0. The number of benzene rings is 1. The van der Waals surface area contributed by atoms with Gasteiger partial charge in [0.1, 0.15) is 23.1 Å². The minimum atomic E-state index is -4.60. The van der Waals surface area contributed by atoms with E-state index in [9.17, 15) is 18.0 Å². The molecule has 0 amide bonds. The van der Waals surface area contributed by atoms with Crippen molar-refractivity contribution < 1.29 is 37.0 Å². The van der Waals surface area contributed by atoms with E-state index in [2.05, 4.69) is 46.5 Å². The molecule has 1 aromatic carbocycles. The maximum atomic E-state index is 13.0. The number of halogens is 4. The average molecular weight is 562 g/mol. The van der Waals surface area contributed by atoms with Gasteiger partial charge in [-0.3, -0.25) is 4.79 Å². The normalized spacial score (nSPS) is 12.5. The molecule has 37 heavy (non-hydrogen) atoms. The van der Waals surface area contributed by atoms with Crippen LogP contribution in [0.25, 0.3) is 0 Å². The van der Waals surface area contributed by atoms with Crippen molar-refractivity contribution >= 4 is 25.9 Å².